The molecule has 0 saturated carbocycles. The minimum absolute atomic E-state index is 0.201. The van der Waals surface area contributed by atoms with E-state index in [1.807, 2.05) is 56.3 Å². The van der Waals surface area contributed by atoms with Crippen molar-refractivity contribution in [2.45, 2.75) is 45.3 Å². The Kier molecular flexibility index (Phi) is 5.54. The number of allylic oxidation sites excluding steroid dienone is 1. The molecule has 25 heavy (non-hydrogen) atoms. The third-order valence-corrected chi connectivity index (χ3v) is 4.63. The summed E-state index contributed by atoms with van der Waals surface area (Å²) < 4.78 is 11.8. The number of hydrogen-bond donors (Lipinski definition) is 0. The lowest BCUT2D eigenvalue weighted by atomic mass is 9.74. The van der Waals surface area contributed by atoms with Gasteiger partial charge >= 0.3 is 0 Å². The first kappa shape index (κ1) is 17.7. The average molecular weight is 338 g/mol. The molecule has 3 nitrogen and oxygen atoms in total. The topological polar surface area (TPSA) is 35.5 Å². The Balaban J connectivity index is 1.92. The quantitative estimate of drug-likeness (QED) is 0.445. The average Bonchev–Trinajstić information content (AvgIpc) is 2.59. The molecule has 0 bridgehead atoms. The van der Waals surface area contributed by atoms with Gasteiger partial charge in [0.2, 0.25) is 0 Å². The Bertz CT molecular complexity index is 710. The number of carbonyl (C=O) groups is 1. The van der Waals surface area contributed by atoms with Crippen LogP contribution in [0.15, 0.2) is 54.3 Å². The van der Waals surface area contributed by atoms with Gasteiger partial charge in [-0.3, -0.25) is 4.79 Å². The standard InChI is InChI=1S/C22H26O3/c1-4-12-24-13-11-18-20(14-15(2)3)25-19-10-9-16-7-5-6-8-17(16)21(19)22(18)23/h5-11,13-14,18-21H,4,12H2,1-3H3/b13-11+. The fourth-order valence-electron chi connectivity index (χ4n) is 3.51. The molecule has 1 saturated heterocycles. The second-order valence-electron chi connectivity index (χ2n) is 6.90. The summed E-state index contributed by atoms with van der Waals surface area (Å²) in [6.07, 6.45) is 10.1. The van der Waals surface area contributed by atoms with E-state index in [-0.39, 0.29) is 29.8 Å². The van der Waals surface area contributed by atoms with Crippen molar-refractivity contribution in [1.29, 1.82) is 0 Å². The lowest BCUT2D eigenvalue weighted by Gasteiger charge is -2.39. The number of carbonyl (C=O) groups excluding carboxylic acids is 1. The second kappa shape index (κ2) is 7.83. The molecule has 0 radical (unpaired) electrons. The van der Waals surface area contributed by atoms with E-state index in [2.05, 4.69) is 13.0 Å². The molecule has 132 valence electrons. The maximum atomic E-state index is 13.3. The van der Waals surface area contributed by atoms with Gasteiger partial charge in [-0.05, 0) is 37.5 Å². The summed E-state index contributed by atoms with van der Waals surface area (Å²) >= 11 is 0. The molecule has 1 heterocycles. The first-order valence-electron chi connectivity index (χ1n) is 9.01. The van der Waals surface area contributed by atoms with E-state index in [1.165, 1.54) is 0 Å². The molecule has 3 heteroatoms. The zero-order valence-corrected chi connectivity index (χ0v) is 15.1. The van der Waals surface area contributed by atoms with Crippen LogP contribution in [0, 0.1) is 5.92 Å². The van der Waals surface area contributed by atoms with Crippen LogP contribution in [-0.2, 0) is 14.3 Å². The van der Waals surface area contributed by atoms with Crippen molar-refractivity contribution in [2.24, 2.45) is 5.92 Å². The zero-order chi connectivity index (χ0) is 17.8. The number of benzene rings is 1. The highest BCUT2D eigenvalue weighted by molar-refractivity contribution is 5.93. The Morgan fingerprint density at radius 2 is 2.08 bits per heavy atom. The van der Waals surface area contributed by atoms with Crippen molar-refractivity contribution >= 4 is 11.9 Å². The molecule has 1 fully saturated rings. The van der Waals surface area contributed by atoms with Crippen molar-refractivity contribution in [2.75, 3.05) is 6.61 Å². The van der Waals surface area contributed by atoms with Crippen LogP contribution in [0.4, 0.5) is 0 Å². The van der Waals surface area contributed by atoms with Crippen LogP contribution in [0.5, 0.6) is 0 Å². The molecule has 0 aromatic heterocycles. The van der Waals surface area contributed by atoms with Crippen molar-refractivity contribution in [3.05, 3.63) is 65.5 Å². The van der Waals surface area contributed by atoms with E-state index in [0.29, 0.717) is 6.61 Å². The number of hydrogen-bond acceptors (Lipinski definition) is 3. The lowest BCUT2D eigenvalue weighted by Crippen LogP contribution is -2.46. The van der Waals surface area contributed by atoms with E-state index in [1.54, 1.807) is 6.26 Å². The first-order chi connectivity index (χ1) is 12.1. The van der Waals surface area contributed by atoms with Crippen molar-refractivity contribution in [1.82, 2.24) is 0 Å². The Morgan fingerprint density at radius 1 is 1.28 bits per heavy atom. The van der Waals surface area contributed by atoms with E-state index in [4.69, 9.17) is 9.47 Å². The third-order valence-electron chi connectivity index (χ3n) is 4.63. The van der Waals surface area contributed by atoms with Crippen LogP contribution in [0.1, 0.15) is 44.2 Å². The zero-order valence-electron chi connectivity index (χ0n) is 15.1. The van der Waals surface area contributed by atoms with Gasteiger partial charge in [-0.1, -0.05) is 55.0 Å². The number of ether oxygens (including phenoxy) is 2. The highest BCUT2D eigenvalue weighted by Gasteiger charge is 2.44. The van der Waals surface area contributed by atoms with E-state index in [9.17, 15) is 4.79 Å². The van der Waals surface area contributed by atoms with Crippen LogP contribution in [0.3, 0.4) is 0 Å². The van der Waals surface area contributed by atoms with E-state index < -0.39 is 0 Å². The molecular weight excluding hydrogens is 312 g/mol. The molecule has 1 aliphatic heterocycles. The molecule has 1 aliphatic carbocycles. The molecule has 2 aliphatic rings. The van der Waals surface area contributed by atoms with Gasteiger partial charge in [0.1, 0.15) is 0 Å². The molecule has 0 spiro atoms. The predicted octanol–water partition coefficient (Wildman–Crippen LogP) is 4.66. The maximum Gasteiger partial charge on any atom is 0.153 e. The maximum absolute atomic E-state index is 13.3. The van der Waals surface area contributed by atoms with Crippen LogP contribution >= 0.6 is 0 Å². The predicted molar refractivity (Wildman–Crippen MR) is 100 cm³/mol. The highest BCUT2D eigenvalue weighted by Crippen LogP contribution is 2.40. The normalized spacial score (nSPS) is 27.7. The van der Waals surface area contributed by atoms with Gasteiger partial charge in [0, 0.05) is 0 Å². The number of ketones is 1. The monoisotopic (exact) mass is 338 g/mol. The van der Waals surface area contributed by atoms with Gasteiger partial charge in [0.25, 0.3) is 0 Å². The van der Waals surface area contributed by atoms with E-state index >= 15 is 0 Å². The van der Waals surface area contributed by atoms with Gasteiger partial charge in [-0.25, -0.2) is 0 Å². The molecule has 0 amide bonds. The second-order valence-corrected chi connectivity index (χ2v) is 6.90. The summed E-state index contributed by atoms with van der Waals surface area (Å²) in [4.78, 5) is 13.3. The largest absolute Gasteiger partial charge is 0.502 e. The highest BCUT2D eigenvalue weighted by atomic mass is 16.5. The van der Waals surface area contributed by atoms with Crippen LogP contribution in [0.2, 0.25) is 0 Å². The summed E-state index contributed by atoms with van der Waals surface area (Å²) in [5, 5.41) is 0. The molecule has 0 N–H and O–H groups in total. The number of Topliss-reactive ketones (excluding diaryl/α,β-unsaturated/α-hetero) is 1. The van der Waals surface area contributed by atoms with Gasteiger partial charge in [0.15, 0.2) is 5.78 Å². The van der Waals surface area contributed by atoms with Gasteiger partial charge < -0.3 is 9.47 Å². The minimum Gasteiger partial charge on any atom is -0.502 e. The molecular formula is C22H26O3. The van der Waals surface area contributed by atoms with Crippen molar-refractivity contribution < 1.29 is 14.3 Å². The Hall–Kier alpha value is -2.13. The molecule has 1 aromatic carbocycles. The summed E-state index contributed by atoms with van der Waals surface area (Å²) in [5.74, 6) is -0.372. The van der Waals surface area contributed by atoms with Gasteiger partial charge in [-0.2, -0.15) is 0 Å². The summed E-state index contributed by atoms with van der Waals surface area (Å²) in [6.45, 7) is 6.77. The van der Waals surface area contributed by atoms with Crippen molar-refractivity contribution in [3.63, 3.8) is 0 Å². The fraction of sp³-hybridized carbons (Fsp3) is 0.409. The first-order valence-corrected chi connectivity index (χ1v) is 9.01. The van der Waals surface area contributed by atoms with Gasteiger partial charge in [-0.15, -0.1) is 0 Å². The molecule has 4 atom stereocenters. The van der Waals surface area contributed by atoms with Crippen LogP contribution < -0.4 is 0 Å². The number of rotatable bonds is 5. The fourth-order valence-corrected chi connectivity index (χ4v) is 3.51. The smallest absolute Gasteiger partial charge is 0.153 e. The van der Waals surface area contributed by atoms with E-state index in [0.717, 1.165) is 23.1 Å². The minimum atomic E-state index is -0.326. The van der Waals surface area contributed by atoms with Crippen molar-refractivity contribution in [3.8, 4) is 0 Å². The summed E-state index contributed by atoms with van der Waals surface area (Å²) in [7, 11) is 0. The summed E-state index contributed by atoms with van der Waals surface area (Å²) in [6, 6.07) is 8.07. The number of fused-ring (bicyclic) bond motifs is 3. The van der Waals surface area contributed by atoms with Gasteiger partial charge in [0.05, 0.1) is 36.9 Å². The third kappa shape index (κ3) is 3.77. The Labute approximate surface area is 150 Å². The molecule has 1 aromatic rings. The van der Waals surface area contributed by atoms with Crippen LogP contribution in [-0.4, -0.2) is 24.6 Å². The lowest BCUT2D eigenvalue weighted by molar-refractivity contribution is -0.138. The SMILES string of the molecule is CCCO/C=C/C1C(=O)C2c3ccccc3C=CC2OC1C=C(C)C. The molecule has 4 unspecified atom stereocenters. The van der Waals surface area contributed by atoms with Crippen LogP contribution in [0.25, 0.3) is 6.08 Å². The Morgan fingerprint density at radius 3 is 2.84 bits per heavy atom. The summed E-state index contributed by atoms with van der Waals surface area (Å²) in [5.41, 5.74) is 3.30. The molecule has 3 rings (SSSR count).